The molecule has 8 heteroatoms. The molecular formula is C25H23N3O4S. The van der Waals surface area contributed by atoms with E-state index < -0.39 is 9.84 Å². The fourth-order valence-corrected chi connectivity index (χ4v) is 5.02. The van der Waals surface area contributed by atoms with E-state index in [4.69, 9.17) is 4.74 Å². The van der Waals surface area contributed by atoms with Gasteiger partial charge in [-0.1, -0.05) is 6.92 Å². The molecule has 0 atom stereocenters. The number of fused-ring (bicyclic) bond motifs is 2. The first-order chi connectivity index (χ1) is 15.8. The summed E-state index contributed by atoms with van der Waals surface area (Å²) in [6.45, 7) is 3.33. The Balaban J connectivity index is 1.72. The van der Waals surface area contributed by atoms with Crippen LogP contribution in [0.5, 0.6) is 11.5 Å². The van der Waals surface area contributed by atoms with Crippen molar-refractivity contribution in [3.05, 3.63) is 77.9 Å². The summed E-state index contributed by atoms with van der Waals surface area (Å²) < 4.78 is 34.4. The Labute approximate surface area is 191 Å². The predicted octanol–water partition coefficient (Wildman–Crippen LogP) is 4.85. The lowest BCUT2D eigenvalue weighted by Gasteiger charge is -2.16. The highest BCUT2D eigenvalue weighted by atomic mass is 32.2. The minimum atomic E-state index is -3.44. The van der Waals surface area contributed by atoms with Gasteiger partial charge in [-0.15, -0.1) is 0 Å². The van der Waals surface area contributed by atoms with Crippen molar-refractivity contribution in [3.8, 4) is 22.6 Å². The molecule has 0 amide bonds. The van der Waals surface area contributed by atoms with Gasteiger partial charge >= 0.3 is 0 Å². The maximum atomic E-state index is 12.6. The van der Waals surface area contributed by atoms with Gasteiger partial charge in [-0.05, 0) is 61.5 Å². The normalized spacial score (nSPS) is 12.0. The van der Waals surface area contributed by atoms with E-state index >= 15 is 0 Å². The SMILES string of the molecule is CCS(=O)(=O)c1ccc(Oc2ccc3c(ccn3C)c2)c(-c2cc(C)[n+]([O-])c3[nH]ccc23)c1. The van der Waals surface area contributed by atoms with Crippen LogP contribution >= 0.6 is 0 Å². The third-order valence-corrected chi connectivity index (χ3v) is 7.69. The van der Waals surface area contributed by atoms with Gasteiger partial charge in [0.1, 0.15) is 17.2 Å². The van der Waals surface area contributed by atoms with Crippen LogP contribution in [0.3, 0.4) is 0 Å². The minimum Gasteiger partial charge on any atom is -0.710 e. The zero-order valence-corrected chi connectivity index (χ0v) is 19.3. The first kappa shape index (κ1) is 21.1. The summed E-state index contributed by atoms with van der Waals surface area (Å²) in [5.74, 6) is 1.13. The molecule has 0 spiro atoms. The number of nitrogens with zero attached hydrogens (tertiary/aromatic N) is 2. The second kappa shape index (κ2) is 7.67. The molecule has 3 aromatic heterocycles. The third-order valence-electron chi connectivity index (χ3n) is 5.96. The molecule has 5 rings (SSSR count). The number of ether oxygens (including phenoxy) is 1. The number of hydrogen-bond donors (Lipinski definition) is 1. The van der Waals surface area contributed by atoms with Gasteiger partial charge in [0.25, 0.3) is 5.65 Å². The molecule has 0 fully saturated rings. The molecule has 0 aliphatic carbocycles. The van der Waals surface area contributed by atoms with Crippen LogP contribution in [-0.4, -0.2) is 23.7 Å². The summed E-state index contributed by atoms with van der Waals surface area (Å²) >= 11 is 0. The van der Waals surface area contributed by atoms with Crippen molar-refractivity contribution in [1.82, 2.24) is 9.55 Å². The number of pyridine rings is 1. The van der Waals surface area contributed by atoms with E-state index in [2.05, 4.69) is 4.98 Å². The Morgan fingerprint density at radius 3 is 2.67 bits per heavy atom. The van der Waals surface area contributed by atoms with Crippen LogP contribution in [-0.2, 0) is 16.9 Å². The summed E-state index contributed by atoms with van der Waals surface area (Å²) in [7, 11) is -1.45. The fraction of sp³-hybridized carbons (Fsp3) is 0.160. The number of aromatic amines is 1. The molecule has 5 aromatic rings. The lowest BCUT2D eigenvalue weighted by molar-refractivity contribution is -0.586. The van der Waals surface area contributed by atoms with Crippen molar-refractivity contribution in [2.24, 2.45) is 7.05 Å². The van der Waals surface area contributed by atoms with Crippen LogP contribution in [0.1, 0.15) is 12.6 Å². The lowest BCUT2D eigenvalue weighted by Crippen LogP contribution is -2.31. The molecule has 1 N–H and O–H groups in total. The zero-order valence-electron chi connectivity index (χ0n) is 18.5. The molecule has 0 bridgehead atoms. The number of aryl methyl sites for hydroxylation is 2. The van der Waals surface area contributed by atoms with E-state index in [1.165, 1.54) is 0 Å². The minimum absolute atomic E-state index is 0.00867. The van der Waals surface area contributed by atoms with Gasteiger partial charge in [-0.2, -0.15) is 0 Å². The Morgan fingerprint density at radius 1 is 1.06 bits per heavy atom. The van der Waals surface area contributed by atoms with Crippen LogP contribution in [0.25, 0.3) is 33.1 Å². The summed E-state index contributed by atoms with van der Waals surface area (Å²) in [4.78, 5) is 3.19. The van der Waals surface area contributed by atoms with E-state index in [-0.39, 0.29) is 10.6 Å². The van der Waals surface area contributed by atoms with Gasteiger partial charge in [-0.3, -0.25) is 0 Å². The number of rotatable bonds is 5. The standard InChI is InChI=1S/C25H23N3O4S/c1-4-33(30,31)19-6-8-24(32-18-5-7-23-17(14-18)10-12-27(23)3)22(15-19)21-13-16(2)28(29)25-20(21)9-11-26-25/h5-15,26H,4H2,1-3H3. The predicted molar refractivity (Wildman–Crippen MR) is 128 cm³/mol. The molecule has 3 heterocycles. The molecule has 168 valence electrons. The van der Waals surface area contributed by atoms with Gasteiger partial charge in [-0.25, -0.2) is 18.1 Å². The molecular weight excluding hydrogens is 438 g/mol. The monoisotopic (exact) mass is 461 g/mol. The third kappa shape index (κ3) is 3.52. The summed E-state index contributed by atoms with van der Waals surface area (Å²) in [5.41, 5.74) is 3.30. The molecule has 2 aromatic carbocycles. The topological polar surface area (TPSA) is 91.0 Å². The number of benzene rings is 2. The molecule has 0 saturated heterocycles. The molecule has 33 heavy (non-hydrogen) atoms. The molecule has 0 aliphatic heterocycles. The van der Waals surface area contributed by atoms with Crippen molar-refractivity contribution < 1.29 is 17.9 Å². The highest BCUT2D eigenvalue weighted by molar-refractivity contribution is 7.91. The second-order valence-electron chi connectivity index (χ2n) is 8.04. The first-order valence-electron chi connectivity index (χ1n) is 10.6. The van der Waals surface area contributed by atoms with Crippen LogP contribution < -0.4 is 9.47 Å². The van der Waals surface area contributed by atoms with Crippen molar-refractivity contribution in [2.75, 3.05) is 5.75 Å². The van der Waals surface area contributed by atoms with E-state index in [0.29, 0.717) is 33.8 Å². The quantitative estimate of drug-likeness (QED) is 0.299. The van der Waals surface area contributed by atoms with Crippen molar-refractivity contribution in [3.63, 3.8) is 0 Å². The maximum absolute atomic E-state index is 12.6. The van der Waals surface area contributed by atoms with Crippen LogP contribution in [0.2, 0.25) is 0 Å². The Hall–Kier alpha value is -3.78. The first-order valence-corrected chi connectivity index (χ1v) is 12.2. The van der Waals surface area contributed by atoms with Crippen molar-refractivity contribution >= 4 is 31.8 Å². The van der Waals surface area contributed by atoms with E-state index in [1.807, 2.05) is 42.1 Å². The zero-order chi connectivity index (χ0) is 23.3. The van der Waals surface area contributed by atoms with Gasteiger partial charge in [0, 0.05) is 35.3 Å². The average Bonchev–Trinajstić information content (AvgIpc) is 3.44. The number of sulfone groups is 1. The highest BCUT2D eigenvalue weighted by Gasteiger charge is 2.21. The molecule has 0 saturated carbocycles. The highest BCUT2D eigenvalue weighted by Crippen LogP contribution is 2.39. The smallest absolute Gasteiger partial charge is 0.290 e. The maximum Gasteiger partial charge on any atom is 0.290 e. The average molecular weight is 462 g/mol. The number of nitrogens with one attached hydrogen (secondary N) is 1. The van der Waals surface area contributed by atoms with Gasteiger partial charge in [0.15, 0.2) is 9.84 Å². The van der Waals surface area contributed by atoms with Gasteiger partial charge < -0.3 is 14.5 Å². The summed E-state index contributed by atoms with van der Waals surface area (Å²) in [5, 5.41) is 14.2. The molecule has 0 aliphatic rings. The van der Waals surface area contributed by atoms with Crippen LogP contribution in [0, 0.1) is 12.1 Å². The Morgan fingerprint density at radius 2 is 1.88 bits per heavy atom. The van der Waals surface area contributed by atoms with E-state index in [9.17, 15) is 13.6 Å². The van der Waals surface area contributed by atoms with Crippen molar-refractivity contribution in [1.29, 1.82) is 0 Å². The molecule has 0 radical (unpaired) electrons. The summed E-state index contributed by atoms with van der Waals surface area (Å²) in [6, 6.07) is 16.3. The summed E-state index contributed by atoms with van der Waals surface area (Å²) in [6.07, 6.45) is 3.68. The van der Waals surface area contributed by atoms with Gasteiger partial charge in [0.05, 0.1) is 22.2 Å². The number of hydrogen-bond acceptors (Lipinski definition) is 4. The van der Waals surface area contributed by atoms with Crippen LogP contribution in [0.4, 0.5) is 0 Å². The Bertz CT molecular complexity index is 1630. The Kier molecular flexibility index (Phi) is 4.90. The van der Waals surface area contributed by atoms with E-state index in [0.717, 1.165) is 21.2 Å². The lowest BCUT2D eigenvalue weighted by atomic mass is 10.0. The van der Waals surface area contributed by atoms with Crippen LogP contribution in [0.15, 0.2) is 71.9 Å². The largest absolute Gasteiger partial charge is 0.710 e. The molecule has 7 nitrogen and oxygen atoms in total. The second-order valence-corrected chi connectivity index (χ2v) is 10.3. The van der Waals surface area contributed by atoms with Gasteiger partial charge in [0.2, 0.25) is 0 Å². The number of H-pyrrole nitrogens is 1. The fourth-order valence-electron chi connectivity index (χ4n) is 4.11. The van der Waals surface area contributed by atoms with Crippen molar-refractivity contribution in [2.45, 2.75) is 18.7 Å². The van der Waals surface area contributed by atoms with E-state index in [1.54, 1.807) is 50.4 Å². The number of aromatic nitrogens is 3. The molecule has 0 unspecified atom stereocenters.